The van der Waals surface area contributed by atoms with Gasteiger partial charge in [0.25, 0.3) is 0 Å². The summed E-state index contributed by atoms with van der Waals surface area (Å²) < 4.78 is 12.9. The van der Waals surface area contributed by atoms with Crippen molar-refractivity contribution in [3.05, 3.63) is 18.3 Å². The highest BCUT2D eigenvalue weighted by atomic mass is 19.1. The topological polar surface area (TPSA) is 37.8 Å². The molecule has 2 unspecified atom stereocenters. The smallest absolute Gasteiger partial charge is 0.217 e. The van der Waals surface area contributed by atoms with E-state index >= 15 is 0 Å². The van der Waals surface area contributed by atoms with Crippen LogP contribution in [0.5, 0.6) is 0 Å². The van der Waals surface area contributed by atoms with Gasteiger partial charge in [-0.05, 0) is 18.8 Å². The molecule has 1 aromatic rings. The molecule has 3 nitrogen and oxygen atoms in total. The van der Waals surface area contributed by atoms with E-state index in [4.69, 9.17) is 0 Å². The van der Waals surface area contributed by atoms with Crippen molar-refractivity contribution < 1.29 is 4.39 Å². The van der Waals surface area contributed by atoms with Gasteiger partial charge in [-0.2, -0.15) is 4.39 Å². The summed E-state index contributed by atoms with van der Waals surface area (Å²) >= 11 is 0. The summed E-state index contributed by atoms with van der Waals surface area (Å²) in [5.74, 6) is 0.938. The Morgan fingerprint density at radius 2 is 2.31 bits per heavy atom. The van der Waals surface area contributed by atoms with Gasteiger partial charge in [-0.1, -0.05) is 26.2 Å². The van der Waals surface area contributed by atoms with Crippen LogP contribution in [0.2, 0.25) is 0 Å². The number of hydrogen-bond donors (Lipinski definition) is 1. The second-order valence-electron chi connectivity index (χ2n) is 4.51. The van der Waals surface area contributed by atoms with Crippen LogP contribution in [0, 0.1) is 11.9 Å². The molecule has 2 rings (SSSR count). The predicted octanol–water partition coefficient (Wildman–Crippen LogP) is 3.00. The molecule has 1 heterocycles. The lowest BCUT2D eigenvalue weighted by Gasteiger charge is -2.29. The van der Waals surface area contributed by atoms with Crippen molar-refractivity contribution in [1.29, 1.82) is 0 Å². The highest BCUT2D eigenvalue weighted by Gasteiger charge is 2.20. The molecule has 1 aliphatic rings. The van der Waals surface area contributed by atoms with Gasteiger partial charge in [0.2, 0.25) is 5.95 Å². The summed E-state index contributed by atoms with van der Waals surface area (Å²) in [5.41, 5.74) is 0. The zero-order chi connectivity index (χ0) is 11.4. The van der Waals surface area contributed by atoms with Crippen LogP contribution in [0.25, 0.3) is 0 Å². The number of halogens is 1. The first kappa shape index (κ1) is 11.3. The van der Waals surface area contributed by atoms with Crippen molar-refractivity contribution in [3.8, 4) is 0 Å². The van der Waals surface area contributed by atoms with Gasteiger partial charge in [0.1, 0.15) is 12.1 Å². The molecule has 0 saturated heterocycles. The molecule has 1 aliphatic carbocycles. The number of rotatable bonds is 3. The summed E-state index contributed by atoms with van der Waals surface area (Å²) in [7, 11) is 0. The molecule has 0 bridgehead atoms. The first-order valence-corrected chi connectivity index (χ1v) is 6.02. The van der Waals surface area contributed by atoms with Crippen LogP contribution in [-0.4, -0.2) is 16.0 Å². The standard InChI is InChI=1S/C12H18FN3/c1-2-9-4-3-5-10(6-9)16-12-7-11(13)14-8-15-12/h7-10H,2-6H2,1H3,(H,14,15,16). The van der Waals surface area contributed by atoms with Crippen LogP contribution in [0.4, 0.5) is 10.2 Å². The van der Waals surface area contributed by atoms with E-state index < -0.39 is 5.95 Å². The first-order valence-electron chi connectivity index (χ1n) is 6.02. The Bertz CT molecular complexity index is 343. The van der Waals surface area contributed by atoms with Crippen LogP contribution in [0.3, 0.4) is 0 Å². The van der Waals surface area contributed by atoms with E-state index in [1.54, 1.807) is 0 Å². The minimum absolute atomic E-state index is 0.438. The van der Waals surface area contributed by atoms with Gasteiger partial charge in [-0.25, -0.2) is 9.97 Å². The Hall–Kier alpha value is -1.19. The second-order valence-corrected chi connectivity index (χ2v) is 4.51. The molecule has 1 aromatic heterocycles. The third-order valence-corrected chi connectivity index (χ3v) is 3.35. The number of nitrogens with one attached hydrogen (secondary N) is 1. The van der Waals surface area contributed by atoms with Crippen molar-refractivity contribution in [1.82, 2.24) is 9.97 Å². The Kier molecular flexibility index (Phi) is 3.70. The van der Waals surface area contributed by atoms with Gasteiger partial charge in [-0.15, -0.1) is 0 Å². The van der Waals surface area contributed by atoms with E-state index in [0.29, 0.717) is 11.9 Å². The average molecular weight is 223 g/mol. The summed E-state index contributed by atoms with van der Waals surface area (Å²) in [6.07, 6.45) is 7.40. The highest BCUT2D eigenvalue weighted by Crippen LogP contribution is 2.28. The molecule has 0 aliphatic heterocycles. The maximum Gasteiger partial charge on any atom is 0.217 e. The molecular formula is C12H18FN3. The Balaban J connectivity index is 1.94. The largest absolute Gasteiger partial charge is 0.367 e. The van der Waals surface area contributed by atoms with Crippen LogP contribution in [0.1, 0.15) is 39.0 Å². The molecule has 4 heteroatoms. The fraction of sp³-hybridized carbons (Fsp3) is 0.667. The van der Waals surface area contributed by atoms with Gasteiger partial charge in [0, 0.05) is 12.1 Å². The molecule has 0 amide bonds. The van der Waals surface area contributed by atoms with Gasteiger partial charge in [0.05, 0.1) is 0 Å². The zero-order valence-electron chi connectivity index (χ0n) is 9.62. The quantitative estimate of drug-likeness (QED) is 0.800. The molecule has 1 saturated carbocycles. The molecule has 16 heavy (non-hydrogen) atoms. The molecule has 1 N–H and O–H groups in total. The maximum absolute atomic E-state index is 12.9. The Labute approximate surface area is 95.5 Å². The van der Waals surface area contributed by atoms with Crippen molar-refractivity contribution in [2.75, 3.05) is 5.32 Å². The highest BCUT2D eigenvalue weighted by molar-refractivity contribution is 5.33. The molecule has 1 fully saturated rings. The third-order valence-electron chi connectivity index (χ3n) is 3.35. The Morgan fingerprint density at radius 1 is 1.44 bits per heavy atom. The average Bonchev–Trinajstić information content (AvgIpc) is 2.29. The van der Waals surface area contributed by atoms with Gasteiger partial charge in [-0.3, -0.25) is 0 Å². The molecule has 0 aromatic carbocycles. The minimum Gasteiger partial charge on any atom is -0.367 e. The van der Waals surface area contributed by atoms with Crippen molar-refractivity contribution in [3.63, 3.8) is 0 Å². The first-order chi connectivity index (χ1) is 7.78. The predicted molar refractivity (Wildman–Crippen MR) is 61.6 cm³/mol. The second kappa shape index (κ2) is 5.23. The van der Waals surface area contributed by atoms with E-state index in [2.05, 4.69) is 22.2 Å². The number of anilines is 1. The molecule has 0 spiro atoms. The van der Waals surface area contributed by atoms with Crippen molar-refractivity contribution in [2.24, 2.45) is 5.92 Å². The Morgan fingerprint density at radius 3 is 3.06 bits per heavy atom. The fourth-order valence-electron chi connectivity index (χ4n) is 2.41. The zero-order valence-corrected chi connectivity index (χ0v) is 9.62. The number of nitrogens with zero attached hydrogens (tertiary/aromatic N) is 2. The number of hydrogen-bond acceptors (Lipinski definition) is 3. The lowest BCUT2D eigenvalue weighted by atomic mass is 9.84. The molecule has 2 atom stereocenters. The normalized spacial score (nSPS) is 25.4. The van der Waals surface area contributed by atoms with Crippen LogP contribution in [-0.2, 0) is 0 Å². The van der Waals surface area contributed by atoms with Gasteiger partial charge >= 0.3 is 0 Å². The summed E-state index contributed by atoms with van der Waals surface area (Å²) in [6, 6.07) is 1.79. The fourth-order valence-corrected chi connectivity index (χ4v) is 2.41. The van der Waals surface area contributed by atoms with Crippen LogP contribution >= 0.6 is 0 Å². The van der Waals surface area contributed by atoms with Crippen LogP contribution in [0.15, 0.2) is 12.4 Å². The van der Waals surface area contributed by atoms with Crippen LogP contribution < -0.4 is 5.32 Å². The number of aromatic nitrogens is 2. The maximum atomic E-state index is 12.9. The molecular weight excluding hydrogens is 205 g/mol. The van der Waals surface area contributed by atoms with Crippen molar-refractivity contribution >= 4 is 5.82 Å². The lowest BCUT2D eigenvalue weighted by Crippen LogP contribution is -2.27. The van der Waals surface area contributed by atoms with E-state index in [0.717, 1.165) is 12.3 Å². The molecule has 88 valence electrons. The third kappa shape index (κ3) is 2.90. The van der Waals surface area contributed by atoms with E-state index in [-0.39, 0.29) is 0 Å². The van der Waals surface area contributed by atoms with Crippen molar-refractivity contribution in [2.45, 2.75) is 45.1 Å². The lowest BCUT2D eigenvalue weighted by molar-refractivity contribution is 0.327. The van der Waals surface area contributed by atoms with E-state index in [9.17, 15) is 4.39 Å². The monoisotopic (exact) mass is 223 g/mol. The SMILES string of the molecule is CCC1CCCC(Nc2cc(F)ncn2)C1. The van der Waals surface area contributed by atoms with Gasteiger partial charge in [0.15, 0.2) is 0 Å². The van der Waals surface area contributed by atoms with Gasteiger partial charge < -0.3 is 5.32 Å². The summed E-state index contributed by atoms with van der Waals surface area (Å²) in [5, 5.41) is 3.29. The summed E-state index contributed by atoms with van der Waals surface area (Å²) in [6.45, 7) is 2.23. The minimum atomic E-state index is -0.472. The van der Waals surface area contributed by atoms with E-state index in [1.807, 2.05) is 0 Å². The molecule has 0 radical (unpaired) electrons. The van der Waals surface area contributed by atoms with E-state index in [1.165, 1.54) is 38.1 Å². The summed E-state index contributed by atoms with van der Waals surface area (Å²) in [4.78, 5) is 7.47.